The molecule has 5 heteroatoms. The van der Waals surface area contributed by atoms with Crippen LogP contribution in [0.2, 0.25) is 0 Å². The summed E-state index contributed by atoms with van der Waals surface area (Å²) in [5.74, 6) is 0. The summed E-state index contributed by atoms with van der Waals surface area (Å²) in [5, 5.41) is 0. The number of nitrogens with zero attached hydrogens (tertiary/aromatic N) is 1. The second-order valence-corrected chi connectivity index (χ2v) is 5.57. The zero-order valence-corrected chi connectivity index (χ0v) is 12.3. The van der Waals surface area contributed by atoms with E-state index >= 15 is 0 Å². The predicted octanol–water partition coefficient (Wildman–Crippen LogP) is 2.05. The molecule has 0 unspecified atom stereocenters. The molecule has 1 aromatic heterocycles. The summed E-state index contributed by atoms with van der Waals surface area (Å²) in [6, 6.07) is 11.3. The van der Waals surface area contributed by atoms with Crippen LogP contribution in [-0.4, -0.2) is 13.0 Å². The topological polar surface area (TPSA) is 61.1 Å². The standard InChI is InChI=1S/C9H12N.C6H6O3S/c1-4-9-6-5-8(2)10(3)7-9;7-10(8,9)6-4-2-1-3-5-6/h4-7H,1H2,2-3H3;1-5H,(H,7,8,9)/q+1;/p-1. The number of rotatable bonds is 2. The monoisotopic (exact) mass is 291 g/mol. The van der Waals surface area contributed by atoms with Gasteiger partial charge in [0.2, 0.25) is 0 Å². The molecule has 0 saturated heterocycles. The molecule has 106 valence electrons. The summed E-state index contributed by atoms with van der Waals surface area (Å²) in [7, 11) is -2.22. The molecule has 0 spiro atoms. The van der Waals surface area contributed by atoms with E-state index in [4.69, 9.17) is 0 Å². The Hall–Kier alpha value is -1.98. The molecule has 0 aliphatic heterocycles. The van der Waals surface area contributed by atoms with Crippen molar-refractivity contribution in [1.82, 2.24) is 0 Å². The number of hydrogen-bond donors (Lipinski definition) is 0. The molecule has 4 nitrogen and oxygen atoms in total. The van der Waals surface area contributed by atoms with Crippen LogP contribution in [0.1, 0.15) is 11.3 Å². The number of hydrogen-bond acceptors (Lipinski definition) is 3. The Morgan fingerprint density at radius 2 is 1.75 bits per heavy atom. The lowest BCUT2D eigenvalue weighted by atomic mass is 10.2. The predicted molar refractivity (Wildman–Crippen MR) is 76.9 cm³/mol. The summed E-state index contributed by atoms with van der Waals surface area (Å²) in [5.41, 5.74) is 2.42. The van der Waals surface area contributed by atoms with Crippen LogP contribution in [0.4, 0.5) is 0 Å². The van der Waals surface area contributed by atoms with Gasteiger partial charge in [0.05, 0.1) is 4.90 Å². The van der Waals surface area contributed by atoms with E-state index in [1.54, 1.807) is 6.07 Å². The Kier molecular flexibility index (Phi) is 5.61. The third-order valence-electron chi connectivity index (χ3n) is 2.68. The molecule has 0 saturated carbocycles. The van der Waals surface area contributed by atoms with Crippen LogP contribution in [0.25, 0.3) is 6.08 Å². The largest absolute Gasteiger partial charge is 0.744 e. The normalized spacial score (nSPS) is 10.3. The summed E-state index contributed by atoms with van der Waals surface area (Å²) >= 11 is 0. The van der Waals surface area contributed by atoms with E-state index in [9.17, 15) is 13.0 Å². The number of pyridine rings is 1. The molecule has 0 N–H and O–H groups in total. The Bertz CT molecular complexity index is 680. The van der Waals surface area contributed by atoms with Crippen LogP contribution in [0, 0.1) is 6.92 Å². The van der Waals surface area contributed by atoms with Gasteiger partial charge in [-0.2, -0.15) is 0 Å². The Labute approximate surface area is 119 Å². The first-order valence-electron chi connectivity index (χ1n) is 5.94. The first-order valence-corrected chi connectivity index (χ1v) is 7.35. The lowest BCUT2D eigenvalue weighted by molar-refractivity contribution is -0.677. The van der Waals surface area contributed by atoms with Gasteiger partial charge < -0.3 is 4.55 Å². The second-order valence-electron chi connectivity index (χ2n) is 4.19. The van der Waals surface area contributed by atoms with Crippen molar-refractivity contribution in [3.8, 4) is 0 Å². The van der Waals surface area contributed by atoms with Gasteiger partial charge in [-0.1, -0.05) is 30.9 Å². The average molecular weight is 291 g/mol. The Morgan fingerprint density at radius 1 is 1.15 bits per heavy atom. The maximum absolute atomic E-state index is 10.3. The van der Waals surface area contributed by atoms with Crippen LogP contribution < -0.4 is 4.57 Å². The molecule has 0 fully saturated rings. The highest BCUT2D eigenvalue weighted by Crippen LogP contribution is 2.05. The lowest BCUT2D eigenvalue weighted by Gasteiger charge is -2.04. The van der Waals surface area contributed by atoms with Gasteiger partial charge in [-0.05, 0) is 18.2 Å². The minimum atomic E-state index is -4.25. The molecule has 0 aliphatic carbocycles. The summed E-state index contributed by atoms with van der Waals surface area (Å²) in [6.45, 7) is 5.76. The van der Waals surface area contributed by atoms with E-state index in [1.807, 2.05) is 13.1 Å². The fourth-order valence-corrected chi connectivity index (χ4v) is 1.90. The Balaban J connectivity index is 0.000000200. The summed E-state index contributed by atoms with van der Waals surface area (Å²) in [6.07, 6.45) is 3.90. The second kappa shape index (κ2) is 6.98. The zero-order valence-electron chi connectivity index (χ0n) is 11.5. The zero-order chi connectivity index (χ0) is 15.2. The third kappa shape index (κ3) is 4.95. The maximum Gasteiger partial charge on any atom is 0.177 e. The van der Waals surface area contributed by atoms with E-state index in [1.165, 1.54) is 30.0 Å². The van der Waals surface area contributed by atoms with Gasteiger partial charge in [-0.25, -0.2) is 13.0 Å². The van der Waals surface area contributed by atoms with Gasteiger partial charge in [-0.3, -0.25) is 0 Å². The maximum atomic E-state index is 10.3. The first kappa shape index (κ1) is 16.1. The van der Waals surface area contributed by atoms with Crippen LogP contribution in [0.3, 0.4) is 0 Å². The molecule has 0 amide bonds. The highest BCUT2D eigenvalue weighted by atomic mass is 32.2. The van der Waals surface area contributed by atoms with Gasteiger partial charge in [0.15, 0.2) is 11.9 Å². The molecular weight excluding hydrogens is 274 g/mol. The molecule has 1 aromatic carbocycles. The van der Waals surface area contributed by atoms with Crippen LogP contribution in [0.5, 0.6) is 0 Å². The van der Waals surface area contributed by atoms with E-state index in [0.29, 0.717) is 0 Å². The van der Waals surface area contributed by atoms with Crippen molar-refractivity contribution in [2.24, 2.45) is 7.05 Å². The van der Waals surface area contributed by atoms with Gasteiger partial charge in [0.1, 0.15) is 17.2 Å². The van der Waals surface area contributed by atoms with Crippen molar-refractivity contribution in [3.05, 3.63) is 66.5 Å². The number of benzene rings is 1. The third-order valence-corrected chi connectivity index (χ3v) is 3.53. The van der Waals surface area contributed by atoms with E-state index < -0.39 is 10.1 Å². The molecule has 2 rings (SSSR count). The van der Waals surface area contributed by atoms with Crippen LogP contribution >= 0.6 is 0 Å². The quantitative estimate of drug-likeness (QED) is 0.628. The molecular formula is C15H17NO3S. The number of aromatic nitrogens is 1. The van der Waals surface area contributed by atoms with Gasteiger partial charge in [-0.15, -0.1) is 0 Å². The first-order chi connectivity index (χ1) is 9.34. The van der Waals surface area contributed by atoms with Crippen LogP contribution in [0.15, 0.2) is 60.1 Å². The SMILES string of the molecule is C=Cc1ccc(C)[n+](C)c1.O=S(=O)([O-])c1ccccc1. The Morgan fingerprint density at radius 3 is 2.15 bits per heavy atom. The van der Waals surface area contributed by atoms with Gasteiger partial charge in [0, 0.05) is 18.6 Å². The molecule has 0 radical (unpaired) electrons. The highest BCUT2D eigenvalue weighted by Gasteiger charge is 1.98. The molecule has 2 aromatic rings. The van der Waals surface area contributed by atoms with E-state index in [-0.39, 0.29) is 4.90 Å². The van der Waals surface area contributed by atoms with Crippen molar-refractivity contribution in [1.29, 1.82) is 0 Å². The van der Waals surface area contributed by atoms with Crippen molar-refractivity contribution >= 4 is 16.2 Å². The van der Waals surface area contributed by atoms with E-state index in [2.05, 4.69) is 36.4 Å². The smallest absolute Gasteiger partial charge is 0.177 e. The summed E-state index contributed by atoms with van der Waals surface area (Å²) < 4.78 is 32.9. The van der Waals surface area contributed by atoms with Gasteiger partial charge in [0.25, 0.3) is 0 Å². The van der Waals surface area contributed by atoms with Crippen molar-refractivity contribution in [2.45, 2.75) is 11.8 Å². The summed E-state index contributed by atoms with van der Waals surface area (Å²) in [4.78, 5) is -0.185. The lowest BCUT2D eigenvalue weighted by Crippen LogP contribution is -2.31. The average Bonchev–Trinajstić information content (AvgIpc) is 2.43. The fraction of sp³-hybridized carbons (Fsp3) is 0.133. The number of aryl methyl sites for hydroxylation is 2. The minimum absolute atomic E-state index is 0.185. The highest BCUT2D eigenvalue weighted by molar-refractivity contribution is 7.85. The van der Waals surface area contributed by atoms with E-state index in [0.717, 1.165) is 5.56 Å². The van der Waals surface area contributed by atoms with Crippen molar-refractivity contribution < 1.29 is 17.5 Å². The molecule has 0 aliphatic rings. The van der Waals surface area contributed by atoms with Crippen molar-refractivity contribution in [2.75, 3.05) is 0 Å². The minimum Gasteiger partial charge on any atom is -0.744 e. The molecule has 0 bridgehead atoms. The van der Waals surface area contributed by atoms with Crippen LogP contribution in [-0.2, 0) is 17.2 Å². The fourth-order valence-electron chi connectivity index (χ4n) is 1.41. The molecule has 0 atom stereocenters. The molecule has 1 heterocycles. The van der Waals surface area contributed by atoms with Crippen molar-refractivity contribution in [3.63, 3.8) is 0 Å². The van der Waals surface area contributed by atoms with Gasteiger partial charge >= 0.3 is 0 Å². The molecule has 20 heavy (non-hydrogen) atoms.